The van der Waals surface area contributed by atoms with Gasteiger partial charge in [0.2, 0.25) is 0 Å². The highest BCUT2D eigenvalue weighted by Crippen LogP contribution is 2.37. The molecule has 1 saturated carbocycles. The maximum absolute atomic E-state index is 13.7. The Morgan fingerprint density at radius 1 is 0.920 bits per heavy atom. The molecule has 1 aliphatic carbocycles. The second kappa shape index (κ2) is 8.65. The number of hydrogen-bond acceptors (Lipinski definition) is 0. The van der Waals surface area contributed by atoms with Gasteiger partial charge in [0.05, 0.1) is 0 Å². The van der Waals surface area contributed by atoms with E-state index in [2.05, 4.69) is 31.2 Å². The van der Waals surface area contributed by atoms with Crippen molar-refractivity contribution in [3.05, 3.63) is 70.5 Å². The van der Waals surface area contributed by atoms with Gasteiger partial charge in [-0.25, -0.2) is 4.39 Å². The van der Waals surface area contributed by atoms with E-state index in [0.717, 1.165) is 23.8 Å². The third-order valence-corrected chi connectivity index (χ3v) is 5.91. The molecule has 0 amide bonds. The van der Waals surface area contributed by atoms with Gasteiger partial charge >= 0.3 is 0 Å². The van der Waals surface area contributed by atoms with Crippen molar-refractivity contribution in [2.75, 3.05) is 0 Å². The van der Waals surface area contributed by atoms with E-state index in [1.54, 1.807) is 6.07 Å². The number of unbranched alkanes of at least 4 members (excludes halogenated alkanes) is 1. The summed E-state index contributed by atoms with van der Waals surface area (Å²) in [5.74, 6) is 1.60. The average molecular weight is 339 g/mol. The number of benzene rings is 2. The summed E-state index contributed by atoms with van der Waals surface area (Å²) < 4.78 is 13.7. The van der Waals surface area contributed by atoms with E-state index in [1.807, 2.05) is 19.1 Å². The number of hydrogen-bond donors (Lipinski definition) is 0. The summed E-state index contributed by atoms with van der Waals surface area (Å²) in [4.78, 5) is 0. The molecule has 0 N–H and O–H groups in total. The molecule has 0 saturated heterocycles. The fraction of sp³-hybridized carbons (Fsp3) is 0.500. The second-order valence-electron chi connectivity index (χ2n) is 7.86. The Bertz CT molecular complexity index is 663. The van der Waals surface area contributed by atoms with E-state index in [-0.39, 0.29) is 5.82 Å². The molecule has 0 aromatic heterocycles. The summed E-state index contributed by atoms with van der Waals surface area (Å²) >= 11 is 0. The zero-order chi connectivity index (χ0) is 17.6. The fourth-order valence-corrected chi connectivity index (χ4v) is 4.17. The van der Waals surface area contributed by atoms with Gasteiger partial charge in [-0.15, -0.1) is 0 Å². The van der Waals surface area contributed by atoms with Gasteiger partial charge in [-0.3, -0.25) is 0 Å². The third-order valence-electron chi connectivity index (χ3n) is 5.91. The van der Waals surface area contributed by atoms with Gasteiger partial charge in [-0.05, 0) is 79.2 Å². The molecule has 2 aromatic carbocycles. The van der Waals surface area contributed by atoms with E-state index in [1.165, 1.54) is 56.1 Å². The van der Waals surface area contributed by atoms with Crippen molar-refractivity contribution in [2.45, 2.75) is 71.1 Å². The van der Waals surface area contributed by atoms with Crippen LogP contribution in [-0.4, -0.2) is 0 Å². The van der Waals surface area contributed by atoms with Gasteiger partial charge < -0.3 is 0 Å². The SMILES string of the molecule is CCCCC1CCC(c2ccc(Cc3ccc(C)c(F)c3)cc2)CC1. The lowest BCUT2D eigenvalue weighted by atomic mass is 9.77. The van der Waals surface area contributed by atoms with E-state index in [9.17, 15) is 4.39 Å². The molecule has 1 heteroatoms. The van der Waals surface area contributed by atoms with Gasteiger partial charge in [0, 0.05) is 0 Å². The van der Waals surface area contributed by atoms with Crippen LogP contribution in [0.25, 0.3) is 0 Å². The third kappa shape index (κ3) is 4.93. The maximum Gasteiger partial charge on any atom is 0.126 e. The zero-order valence-corrected chi connectivity index (χ0v) is 15.7. The highest BCUT2D eigenvalue weighted by molar-refractivity contribution is 5.32. The van der Waals surface area contributed by atoms with Gasteiger partial charge in [-0.2, -0.15) is 0 Å². The Labute approximate surface area is 152 Å². The Morgan fingerprint density at radius 3 is 2.24 bits per heavy atom. The predicted octanol–water partition coefficient (Wildman–Crippen LogP) is 7.19. The average Bonchev–Trinajstić information content (AvgIpc) is 2.64. The molecule has 1 fully saturated rings. The summed E-state index contributed by atoms with van der Waals surface area (Å²) in [5.41, 5.74) is 4.53. The van der Waals surface area contributed by atoms with E-state index in [4.69, 9.17) is 0 Å². The minimum atomic E-state index is -0.103. The van der Waals surface area contributed by atoms with Crippen molar-refractivity contribution in [3.8, 4) is 0 Å². The highest BCUT2D eigenvalue weighted by Gasteiger charge is 2.21. The molecular formula is C24H31F. The van der Waals surface area contributed by atoms with Crippen LogP contribution in [0.4, 0.5) is 4.39 Å². The van der Waals surface area contributed by atoms with Crippen molar-refractivity contribution in [1.29, 1.82) is 0 Å². The highest BCUT2D eigenvalue weighted by atomic mass is 19.1. The van der Waals surface area contributed by atoms with Crippen molar-refractivity contribution < 1.29 is 4.39 Å². The maximum atomic E-state index is 13.7. The van der Waals surface area contributed by atoms with Crippen molar-refractivity contribution >= 4 is 0 Å². The molecule has 0 nitrogen and oxygen atoms in total. The first-order valence-electron chi connectivity index (χ1n) is 9.99. The molecular weight excluding hydrogens is 307 g/mol. The smallest absolute Gasteiger partial charge is 0.126 e. The van der Waals surface area contributed by atoms with Crippen LogP contribution in [0.1, 0.15) is 80.0 Å². The summed E-state index contributed by atoms with van der Waals surface area (Å²) in [7, 11) is 0. The van der Waals surface area contributed by atoms with Gasteiger partial charge in [-0.1, -0.05) is 62.6 Å². The normalized spacial score (nSPS) is 20.6. The number of rotatable bonds is 6. The van der Waals surface area contributed by atoms with Crippen LogP contribution in [0, 0.1) is 18.7 Å². The van der Waals surface area contributed by atoms with Crippen LogP contribution in [0.2, 0.25) is 0 Å². The van der Waals surface area contributed by atoms with Crippen molar-refractivity contribution in [2.24, 2.45) is 5.92 Å². The van der Waals surface area contributed by atoms with Crippen LogP contribution in [-0.2, 0) is 6.42 Å². The van der Waals surface area contributed by atoms with Crippen LogP contribution >= 0.6 is 0 Å². The molecule has 0 radical (unpaired) electrons. The van der Waals surface area contributed by atoms with Crippen molar-refractivity contribution in [3.63, 3.8) is 0 Å². The lowest BCUT2D eigenvalue weighted by molar-refractivity contribution is 0.304. The first kappa shape index (κ1) is 18.2. The molecule has 0 unspecified atom stereocenters. The second-order valence-corrected chi connectivity index (χ2v) is 7.86. The molecule has 134 valence electrons. The molecule has 0 spiro atoms. The molecule has 0 bridgehead atoms. The molecule has 0 aliphatic heterocycles. The predicted molar refractivity (Wildman–Crippen MR) is 105 cm³/mol. The van der Waals surface area contributed by atoms with Crippen molar-refractivity contribution in [1.82, 2.24) is 0 Å². The topological polar surface area (TPSA) is 0 Å². The van der Waals surface area contributed by atoms with E-state index in [0.29, 0.717) is 5.56 Å². The van der Waals surface area contributed by atoms with Crippen LogP contribution in [0.3, 0.4) is 0 Å². The van der Waals surface area contributed by atoms with Crippen LogP contribution < -0.4 is 0 Å². The minimum absolute atomic E-state index is 0.103. The Morgan fingerprint density at radius 2 is 1.60 bits per heavy atom. The summed E-state index contributed by atoms with van der Waals surface area (Å²) in [6.45, 7) is 4.10. The molecule has 25 heavy (non-hydrogen) atoms. The zero-order valence-electron chi connectivity index (χ0n) is 15.7. The van der Waals surface area contributed by atoms with Crippen LogP contribution in [0.15, 0.2) is 42.5 Å². The molecule has 0 heterocycles. The summed E-state index contributed by atoms with van der Waals surface area (Å²) in [6.07, 6.45) is 10.4. The lowest BCUT2D eigenvalue weighted by Gasteiger charge is -2.29. The van der Waals surface area contributed by atoms with Crippen LogP contribution in [0.5, 0.6) is 0 Å². The largest absolute Gasteiger partial charge is 0.207 e. The number of halogens is 1. The molecule has 3 rings (SSSR count). The molecule has 2 aromatic rings. The monoisotopic (exact) mass is 338 g/mol. The Balaban J connectivity index is 1.56. The Kier molecular flexibility index (Phi) is 6.29. The number of aryl methyl sites for hydroxylation is 1. The fourth-order valence-electron chi connectivity index (χ4n) is 4.17. The first-order valence-corrected chi connectivity index (χ1v) is 9.99. The van der Waals surface area contributed by atoms with Gasteiger partial charge in [0.15, 0.2) is 0 Å². The summed E-state index contributed by atoms with van der Waals surface area (Å²) in [6, 6.07) is 14.6. The van der Waals surface area contributed by atoms with Gasteiger partial charge in [0.25, 0.3) is 0 Å². The minimum Gasteiger partial charge on any atom is -0.207 e. The quantitative estimate of drug-likeness (QED) is 0.523. The van der Waals surface area contributed by atoms with Gasteiger partial charge in [0.1, 0.15) is 5.82 Å². The molecule has 1 aliphatic rings. The lowest BCUT2D eigenvalue weighted by Crippen LogP contribution is -2.13. The molecule has 0 atom stereocenters. The summed E-state index contributed by atoms with van der Waals surface area (Å²) in [5, 5.41) is 0. The Hall–Kier alpha value is -1.63. The van der Waals surface area contributed by atoms with E-state index < -0.39 is 0 Å². The first-order chi connectivity index (χ1) is 12.2. The van der Waals surface area contributed by atoms with E-state index >= 15 is 0 Å². The standard InChI is InChI=1S/C24H31F/c1-3-4-5-19-8-12-22(13-9-19)23-14-10-20(11-15-23)16-21-7-6-18(2)24(25)17-21/h6-7,10-11,14-15,17,19,22H,3-5,8-9,12-13,16H2,1-2H3.